The second-order valence-corrected chi connectivity index (χ2v) is 9.21. The number of β-amino-alcohol motifs (C(OH)–C–C–N with tert-alkyl or cyclic N) is 1. The molecule has 1 aromatic rings. The fraction of sp³-hybridized carbons (Fsp3) is 0.680. The first-order valence-corrected chi connectivity index (χ1v) is 12.5. The van der Waals surface area contributed by atoms with Gasteiger partial charge >= 0.3 is 6.03 Å². The van der Waals surface area contributed by atoms with Crippen molar-refractivity contribution in [3.63, 3.8) is 0 Å². The van der Waals surface area contributed by atoms with Crippen LogP contribution in [0.25, 0.3) is 0 Å². The maximum Gasteiger partial charge on any atom is 0.315 e. The van der Waals surface area contributed by atoms with E-state index in [-0.39, 0.29) is 30.6 Å². The van der Waals surface area contributed by atoms with Gasteiger partial charge in [-0.1, -0.05) is 37.3 Å². The monoisotopic (exact) mass is 459 g/mol. The summed E-state index contributed by atoms with van der Waals surface area (Å²) in [5, 5.41) is 15.5. The topological polar surface area (TPSA) is 88.2 Å². The number of piperazine rings is 1. The first-order chi connectivity index (χ1) is 16.1. The van der Waals surface area contributed by atoms with Gasteiger partial charge in [0.2, 0.25) is 5.91 Å². The molecule has 0 aliphatic carbocycles. The average molecular weight is 460 g/mol. The number of nitrogens with zero attached hydrogens (tertiary/aromatic N) is 3. The molecule has 184 valence electrons. The van der Waals surface area contributed by atoms with Gasteiger partial charge in [0.15, 0.2) is 0 Å². The van der Waals surface area contributed by atoms with Gasteiger partial charge in [-0.25, -0.2) is 4.79 Å². The smallest absolute Gasteiger partial charge is 0.315 e. The number of urea groups is 1. The average Bonchev–Trinajstić information content (AvgIpc) is 2.84. The van der Waals surface area contributed by atoms with E-state index in [1.54, 1.807) is 0 Å². The van der Waals surface area contributed by atoms with Gasteiger partial charge in [-0.05, 0) is 31.2 Å². The lowest BCUT2D eigenvalue weighted by Gasteiger charge is -2.35. The van der Waals surface area contributed by atoms with Gasteiger partial charge in [0.05, 0.1) is 6.61 Å². The van der Waals surface area contributed by atoms with E-state index in [2.05, 4.69) is 32.6 Å². The van der Waals surface area contributed by atoms with E-state index in [4.69, 9.17) is 5.11 Å². The molecule has 8 nitrogen and oxygen atoms in total. The minimum Gasteiger partial charge on any atom is -0.395 e. The molecule has 0 saturated carbocycles. The zero-order chi connectivity index (χ0) is 23.5. The van der Waals surface area contributed by atoms with Gasteiger partial charge in [0.25, 0.3) is 0 Å². The Morgan fingerprint density at radius 2 is 1.64 bits per heavy atom. The van der Waals surface area contributed by atoms with Gasteiger partial charge in [0.1, 0.15) is 0 Å². The highest BCUT2D eigenvalue weighted by atomic mass is 16.3. The number of piperidine rings is 1. The maximum atomic E-state index is 12.8. The molecule has 0 bridgehead atoms. The van der Waals surface area contributed by atoms with Gasteiger partial charge < -0.3 is 25.5 Å². The molecule has 3 N–H and O–H groups in total. The molecule has 2 aliphatic rings. The molecular formula is C25H41N5O3. The van der Waals surface area contributed by atoms with Crippen LogP contribution in [0.1, 0.15) is 38.2 Å². The fourth-order valence-corrected chi connectivity index (χ4v) is 4.75. The van der Waals surface area contributed by atoms with Crippen LogP contribution in [0.4, 0.5) is 4.79 Å². The number of carbonyl (C=O) groups excluding carboxylic acids is 2. The Hall–Kier alpha value is -2.16. The minimum absolute atomic E-state index is 0.0598. The predicted octanol–water partition coefficient (Wildman–Crippen LogP) is 1.30. The minimum atomic E-state index is -0.107. The van der Waals surface area contributed by atoms with Crippen molar-refractivity contribution in [3.8, 4) is 0 Å². The molecule has 8 heteroatoms. The summed E-state index contributed by atoms with van der Waals surface area (Å²) in [6.45, 7) is 9.20. The molecule has 3 amide bonds. The quantitative estimate of drug-likeness (QED) is 0.491. The number of aliphatic hydroxyl groups excluding tert-OH is 1. The Kier molecular flexibility index (Phi) is 10.4. The highest BCUT2D eigenvalue weighted by molar-refractivity contribution is 5.76. The van der Waals surface area contributed by atoms with Crippen LogP contribution >= 0.6 is 0 Å². The van der Waals surface area contributed by atoms with Gasteiger partial charge in [-0.2, -0.15) is 0 Å². The number of nitrogens with one attached hydrogen (secondary N) is 2. The first kappa shape index (κ1) is 25.5. The normalized spacial score (nSPS) is 19.3. The van der Waals surface area contributed by atoms with Crippen LogP contribution in [-0.4, -0.2) is 103 Å². The summed E-state index contributed by atoms with van der Waals surface area (Å²) >= 11 is 0. The van der Waals surface area contributed by atoms with E-state index >= 15 is 0 Å². The predicted molar refractivity (Wildman–Crippen MR) is 130 cm³/mol. The molecule has 0 radical (unpaired) electrons. The van der Waals surface area contributed by atoms with Crippen LogP contribution in [-0.2, 0) is 11.2 Å². The largest absolute Gasteiger partial charge is 0.395 e. The summed E-state index contributed by atoms with van der Waals surface area (Å²) in [6.07, 6.45) is 3.85. The van der Waals surface area contributed by atoms with Crippen molar-refractivity contribution >= 4 is 11.9 Å². The lowest BCUT2D eigenvalue weighted by molar-refractivity contribution is -0.131. The van der Waals surface area contributed by atoms with Crippen LogP contribution in [0.2, 0.25) is 0 Å². The van der Waals surface area contributed by atoms with E-state index in [0.717, 1.165) is 65.0 Å². The Balaban J connectivity index is 1.47. The van der Waals surface area contributed by atoms with Crippen LogP contribution < -0.4 is 10.6 Å². The number of likely N-dealkylation sites (tertiary alicyclic amines) is 1. The SMILES string of the molecule is CCC(=O)N1CCC(NC(=O)NC(CCN2CCN(CCO)CC2)Cc2ccccc2)CC1. The summed E-state index contributed by atoms with van der Waals surface area (Å²) in [5.74, 6) is 0.193. The molecule has 1 aromatic carbocycles. The lowest BCUT2D eigenvalue weighted by atomic mass is 10.0. The van der Waals surface area contributed by atoms with E-state index in [9.17, 15) is 9.59 Å². The summed E-state index contributed by atoms with van der Waals surface area (Å²) in [4.78, 5) is 31.3. The second kappa shape index (κ2) is 13.5. The Labute approximate surface area is 198 Å². The van der Waals surface area contributed by atoms with Crippen LogP contribution in [0, 0.1) is 0 Å². The van der Waals surface area contributed by atoms with Crippen LogP contribution in [0.3, 0.4) is 0 Å². The summed E-state index contributed by atoms with van der Waals surface area (Å²) in [6, 6.07) is 10.4. The molecule has 2 fully saturated rings. The van der Waals surface area contributed by atoms with Gasteiger partial charge in [-0.15, -0.1) is 0 Å². The summed E-state index contributed by atoms with van der Waals surface area (Å²) < 4.78 is 0. The second-order valence-electron chi connectivity index (χ2n) is 9.21. The van der Waals surface area contributed by atoms with Gasteiger partial charge in [-0.3, -0.25) is 9.69 Å². The molecule has 2 heterocycles. The van der Waals surface area contributed by atoms with E-state index in [1.807, 2.05) is 30.0 Å². The summed E-state index contributed by atoms with van der Waals surface area (Å²) in [5.41, 5.74) is 1.22. The molecule has 2 aliphatic heterocycles. The van der Waals surface area contributed by atoms with Gasteiger partial charge in [0, 0.05) is 70.9 Å². The molecule has 1 unspecified atom stereocenters. The number of benzene rings is 1. The lowest BCUT2D eigenvalue weighted by Crippen LogP contribution is -2.52. The van der Waals surface area contributed by atoms with Crippen molar-refractivity contribution in [2.45, 2.75) is 51.1 Å². The van der Waals surface area contributed by atoms with E-state index in [1.165, 1.54) is 5.56 Å². The van der Waals surface area contributed by atoms with E-state index < -0.39 is 0 Å². The zero-order valence-corrected chi connectivity index (χ0v) is 20.0. The molecule has 0 aromatic heterocycles. The third-order valence-electron chi connectivity index (χ3n) is 6.82. The maximum absolute atomic E-state index is 12.8. The van der Waals surface area contributed by atoms with Crippen molar-refractivity contribution in [2.24, 2.45) is 0 Å². The number of hydrogen-bond donors (Lipinski definition) is 3. The third kappa shape index (κ3) is 8.61. The van der Waals surface area contributed by atoms with Crippen molar-refractivity contribution in [1.29, 1.82) is 0 Å². The number of amides is 3. The molecule has 0 spiro atoms. The standard InChI is InChI=1S/C25H41N5O3/c1-2-24(32)30-12-9-22(10-13-30)26-25(33)27-23(20-21-6-4-3-5-7-21)8-11-28-14-16-29(17-15-28)18-19-31/h3-7,22-23,31H,2,8-20H2,1H3,(H2,26,27,33). The highest BCUT2D eigenvalue weighted by Gasteiger charge is 2.24. The van der Waals surface area contributed by atoms with E-state index in [0.29, 0.717) is 19.5 Å². The Morgan fingerprint density at radius 3 is 2.24 bits per heavy atom. The third-order valence-corrected chi connectivity index (χ3v) is 6.82. The highest BCUT2D eigenvalue weighted by Crippen LogP contribution is 2.12. The van der Waals surface area contributed by atoms with Crippen LogP contribution in [0.15, 0.2) is 30.3 Å². The molecule has 2 saturated heterocycles. The number of aliphatic hydroxyl groups is 1. The molecule has 33 heavy (non-hydrogen) atoms. The number of rotatable bonds is 10. The van der Waals surface area contributed by atoms with Crippen molar-refractivity contribution in [1.82, 2.24) is 25.3 Å². The summed E-state index contributed by atoms with van der Waals surface area (Å²) in [7, 11) is 0. The van der Waals surface area contributed by atoms with Crippen molar-refractivity contribution < 1.29 is 14.7 Å². The Morgan fingerprint density at radius 1 is 1.00 bits per heavy atom. The number of carbonyl (C=O) groups is 2. The fourth-order valence-electron chi connectivity index (χ4n) is 4.75. The van der Waals surface area contributed by atoms with Crippen molar-refractivity contribution in [2.75, 3.05) is 59.0 Å². The first-order valence-electron chi connectivity index (χ1n) is 12.5. The molecule has 3 rings (SSSR count). The van der Waals surface area contributed by atoms with Crippen molar-refractivity contribution in [3.05, 3.63) is 35.9 Å². The molecular weight excluding hydrogens is 418 g/mol. The molecule has 1 atom stereocenters. The zero-order valence-electron chi connectivity index (χ0n) is 20.0. The number of hydrogen-bond acceptors (Lipinski definition) is 5. The Bertz CT molecular complexity index is 716. The van der Waals surface area contributed by atoms with Crippen LogP contribution in [0.5, 0.6) is 0 Å².